The van der Waals surface area contributed by atoms with E-state index in [9.17, 15) is 18.0 Å². The normalized spacial score (nSPS) is 14.9. The monoisotopic (exact) mass is 303 g/mol. The van der Waals surface area contributed by atoms with E-state index in [4.69, 9.17) is 15.5 Å². The molecule has 1 heterocycles. The van der Waals surface area contributed by atoms with Crippen LogP contribution in [0.15, 0.2) is 24.3 Å². The van der Waals surface area contributed by atoms with Gasteiger partial charge in [0.15, 0.2) is 0 Å². The van der Waals surface area contributed by atoms with Crippen molar-refractivity contribution < 1.29 is 22.8 Å². The van der Waals surface area contributed by atoms with Crippen LogP contribution in [-0.4, -0.2) is 37.7 Å². The molecule has 0 saturated heterocycles. The number of hydroxylamine groups is 2. The van der Waals surface area contributed by atoms with Gasteiger partial charge in [-0.3, -0.25) is 14.4 Å². The van der Waals surface area contributed by atoms with Crippen LogP contribution in [0, 0.1) is 0 Å². The van der Waals surface area contributed by atoms with E-state index in [1.807, 2.05) is 0 Å². The fraction of sp³-hybridized carbons (Fsp3) is 0.273. The highest BCUT2D eigenvalue weighted by Crippen LogP contribution is 2.22. The predicted molar refractivity (Wildman–Crippen MR) is 67.2 cm³/mol. The summed E-state index contributed by atoms with van der Waals surface area (Å²) in [6.45, 7) is -0.0859. The van der Waals surface area contributed by atoms with Crippen molar-refractivity contribution in [3.63, 3.8) is 0 Å². The van der Waals surface area contributed by atoms with E-state index in [0.29, 0.717) is 5.06 Å². The van der Waals surface area contributed by atoms with Crippen molar-refractivity contribution in [1.29, 1.82) is 0 Å². The Hall–Kier alpha value is -1.44. The standard InChI is InChI=1S/C11H10ClNO5S/c12-19(16,17)7-3-6-18-13-10(14)8-4-1-2-5-9(8)11(13)15/h1-2,4-5H,3,6-7H2. The first kappa shape index (κ1) is 14.0. The van der Waals surface area contributed by atoms with Gasteiger partial charge in [0.25, 0.3) is 11.8 Å². The first-order valence-electron chi connectivity index (χ1n) is 5.43. The van der Waals surface area contributed by atoms with Crippen LogP contribution in [0.25, 0.3) is 0 Å². The molecule has 2 rings (SSSR count). The summed E-state index contributed by atoms with van der Waals surface area (Å²) in [7, 11) is 1.43. The van der Waals surface area contributed by atoms with E-state index < -0.39 is 20.9 Å². The zero-order valence-electron chi connectivity index (χ0n) is 9.71. The lowest BCUT2D eigenvalue weighted by atomic mass is 10.1. The molecule has 1 aromatic carbocycles. The van der Waals surface area contributed by atoms with Gasteiger partial charge in [-0.2, -0.15) is 0 Å². The fourth-order valence-electron chi connectivity index (χ4n) is 1.67. The molecule has 0 N–H and O–H groups in total. The smallest absolute Gasteiger partial charge is 0.266 e. The molecule has 0 spiro atoms. The molecule has 0 radical (unpaired) electrons. The van der Waals surface area contributed by atoms with Gasteiger partial charge in [0.05, 0.1) is 23.5 Å². The van der Waals surface area contributed by atoms with E-state index in [2.05, 4.69) is 0 Å². The Bertz CT molecular complexity index is 593. The van der Waals surface area contributed by atoms with Gasteiger partial charge in [-0.25, -0.2) is 8.42 Å². The number of fused-ring (bicyclic) bond motifs is 1. The van der Waals surface area contributed by atoms with Gasteiger partial charge in [0.2, 0.25) is 9.05 Å². The number of carbonyl (C=O) groups excluding carboxylic acids is 2. The molecular weight excluding hydrogens is 294 g/mol. The number of amides is 2. The van der Waals surface area contributed by atoms with Gasteiger partial charge in [0, 0.05) is 10.7 Å². The largest absolute Gasteiger partial charge is 0.285 e. The number of imide groups is 1. The molecule has 0 saturated carbocycles. The SMILES string of the molecule is O=C1c2ccccc2C(=O)N1OCCCS(=O)(=O)Cl. The van der Waals surface area contributed by atoms with E-state index in [0.717, 1.165) is 0 Å². The number of nitrogens with zero attached hydrogens (tertiary/aromatic N) is 1. The van der Waals surface area contributed by atoms with E-state index >= 15 is 0 Å². The minimum atomic E-state index is -3.60. The van der Waals surface area contributed by atoms with E-state index in [-0.39, 0.29) is 29.9 Å². The number of carbonyl (C=O) groups is 2. The van der Waals surface area contributed by atoms with Crippen molar-refractivity contribution in [2.75, 3.05) is 12.4 Å². The average molecular weight is 304 g/mol. The van der Waals surface area contributed by atoms with Crippen molar-refractivity contribution in [1.82, 2.24) is 5.06 Å². The Balaban J connectivity index is 1.97. The summed E-state index contributed by atoms with van der Waals surface area (Å²) in [4.78, 5) is 28.7. The topological polar surface area (TPSA) is 80.8 Å². The maximum atomic E-state index is 11.8. The molecule has 0 aromatic heterocycles. The Kier molecular flexibility index (Phi) is 3.88. The average Bonchev–Trinajstić information content (AvgIpc) is 2.58. The zero-order chi connectivity index (χ0) is 14.0. The van der Waals surface area contributed by atoms with Crippen LogP contribution in [0.2, 0.25) is 0 Å². The highest BCUT2D eigenvalue weighted by atomic mass is 35.7. The second-order valence-corrected chi connectivity index (χ2v) is 6.78. The molecule has 0 atom stereocenters. The number of benzene rings is 1. The summed E-state index contributed by atoms with van der Waals surface area (Å²) in [5.74, 6) is -1.37. The number of hydrogen-bond acceptors (Lipinski definition) is 5. The van der Waals surface area contributed by atoms with Crippen LogP contribution in [0.5, 0.6) is 0 Å². The molecule has 0 unspecified atom stereocenters. The lowest BCUT2D eigenvalue weighted by Crippen LogP contribution is -2.30. The van der Waals surface area contributed by atoms with Crippen molar-refractivity contribution >= 4 is 31.5 Å². The summed E-state index contributed by atoms with van der Waals surface area (Å²) in [6, 6.07) is 6.35. The van der Waals surface area contributed by atoms with Gasteiger partial charge in [0.1, 0.15) is 0 Å². The zero-order valence-corrected chi connectivity index (χ0v) is 11.3. The molecule has 1 aliphatic rings. The van der Waals surface area contributed by atoms with E-state index in [1.165, 1.54) is 12.1 Å². The number of halogens is 1. The van der Waals surface area contributed by atoms with Crippen LogP contribution in [0.3, 0.4) is 0 Å². The summed E-state index contributed by atoms with van der Waals surface area (Å²) < 4.78 is 21.4. The second-order valence-electron chi connectivity index (χ2n) is 3.88. The van der Waals surface area contributed by atoms with Crippen LogP contribution in [0.1, 0.15) is 27.1 Å². The predicted octanol–water partition coefficient (Wildman–Crippen LogP) is 1.17. The molecular formula is C11H10ClNO5S. The minimum absolute atomic E-state index is 0.0859. The summed E-state index contributed by atoms with van der Waals surface area (Å²) in [6.07, 6.45) is 0.0965. The van der Waals surface area contributed by atoms with Crippen molar-refractivity contribution in [3.05, 3.63) is 35.4 Å². The third-order valence-corrected chi connectivity index (χ3v) is 3.75. The molecule has 2 amide bonds. The molecule has 0 aliphatic carbocycles. The number of hydrogen-bond donors (Lipinski definition) is 0. The maximum Gasteiger partial charge on any atom is 0.285 e. The van der Waals surface area contributed by atoms with Gasteiger partial charge in [-0.05, 0) is 18.6 Å². The lowest BCUT2D eigenvalue weighted by Gasteiger charge is -2.12. The summed E-state index contributed by atoms with van der Waals surface area (Å²) in [5.41, 5.74) is 0.551. The summed E-state index contributed by atoms with van der Waals surface area (Å²) in [5, 5.41) is 0.644. The second kappa shape index (κ2) is 5.28. The van der Waals surface area contributed by atoms with Gasteiger partial charge < -0.3 is 0 Å². The lowest BCUT2D eigenvalue weighted by molar-refractivity contribution is -0.0908. The van der Waals surface area contributed by atoms with Gasteiger partial charge in [-0.15, -0.1) is 5.06 Å². The Morgan fingerprint density at radius 1 is 1.11 bits per heavy atom. The highest BCUT2D eigenvalue weighted by Gasteiger charge is 2.36. The fourth-order valence-corrected chi connectivity index (χ4v) is 2.46. The third kappa shape index (κ3) is 3.12. The quantitative estimate of drug-likeness (QED) is 0.463. The molecule has 0 bridgehead atoms. The Morgan fingerprint density at radius 3 is 2.11 bits per heavy atom. The van der Waals surface area contributed by atoms with Crippen LogP contribution in [-0.2, 0) is 13.9 Å². The van der Waals surface area contributed by atoms with Crippen molar-refractivity contribution in [2.24, 2.45) is 0 Å². The Morgan fingerprint density at radius 2 is 1.63 bits per heavy atom. The van der Waals surface area contributed by atoms with Crippen molar-refractivity contribution in [3.8, 4) is 0 Å². The van der Waals surface area contributed by atoms with Gasteiger partial charge >= 0.3 is 0 Å². The molecule has 1 aliphatic heterocycles. The van der Waals surface area contributed by atoms with Crippen molar-refractivity contribution in [2.45, 2.75) is 6.42 Å². The minimum Gasteiger partial charge on any atom is -0.266 e. The molecule has 6 nitrogen and oxygen atoms in total. The number of rotatable bonds is 5. The maximum absolute atomic E-state index is 11.8. The van der Waals surface area contributed by atoms with Gasteiger partial charge in [-0.1, -0.05) is 12.1 Å². The first-order valence-corrected chi connectivity index (χ1v) is 7.91. The first-order chi connectivity index (χ1) is 8.90. The Labute approximate surface area is 114 Å². The molecule has 19 heavy (non-hydrogen) atoms. The van der Waals surface area contributed by atoms with Crippen LogP contribution >= 0.6 is 10.7 Å². The molecule has 102 valence electrons. The molecule has 8 heteroatoms. The molecule has 1 aromatic rings. The highest BCUT2D eigenvalue weighted by molar-refractivity contribution is 8.13. The summed E-state index contributed by atoms with van der Waals surface area (Å²) >= 11 is 0. The van der Waals surface area contributed by atoms with Crippen LogP contribution in [0.4, 0.5) is 0 Å². The van der Waals surface area contributed by atoms with E-state index in [1.54, 1.807) is 12.1 Å². The van der Waals surface area contributed by atoms with Crippen LogP contribution < -0.4 is 0 Å². The molecule has 0 fully saturated rings. The third-order valence-electron chi connectivity index (χ3n) is 2.51.